The molecular formula is C28H49Cl3N2. The number of rotatable bonds is 10. The van der Waals surface area contributed by atoms with Crippen molar-refractivity contribution in [2.45, 2.75) is 74.1 Å². The number of nitrogens with zero attached hydrogens (tertiary/aromatic N) is 1. The Morgan fingerprint density at radius 3 is 1.94 bits per heavy atom. The van der Waals surface area contributed by atoms with Crippen molar-refractivity contribution in [2.75, 3.05) is 27.2 Å². The fourth-order valence-electron chi connectivity index (χ4n) is 2.67. The van der Waals surface area contributed by atoms with E-state index in [1.165, 1.54) is 12.0 Å². The predicted octanol–water partition coefficient (Wildman–Crippen LogP) is 9.68. The number of nitrogens with one attached hydrogen (secondary N) is 1. The Morgan fingerprint density at radius 1 is 1.06 bits per heavy atom. The maximum atomic E-state index is 6.31. The summed E-state index contributed by atoms with van der Waals surface area (Å²) in [6.07, 6.45) is 8.06. The topological polar surface area (TPSA) is 15.3 Å². The summed E-state index contributed by atoms with van der Waals surface area (Å²) in [5.74, 6) is 0.725. The van der Waals surface area contributed by atoms with E-state index in [-0.39, 0.29) is 0 Å². The van der Waals surface area contributed by atoms with Gasteiger partial charge in [-0.25, -0.2) is 0 Å². The van der Waals surface area contributed by atoms with Gasteiger partial charge in [0, 0.05) is 18.1 Å². The molecule has 0 saturated carbocycles. The van der Waals surface area contributed by atoms with Crippen molar-refractivity contribution >= 4 is 34.8 Å². The van der Waals surface area contributed by atoms with Crippen LogP contribution in [0.25, 0.3) is 0 Å². The highest BCUT2D eigenvalue weighted by Crippen LogP contribution is 2.26. The summed E-state index contributed by atoms with van der Waals surface area (Å²) in [6, 6.07) is 7.92. The Kier molecular flexibility index (Phi) is 28.5. The fourth-order valence-corrected chi connectivity index (χ4v) is 3.28. The lowest BCUT2D eigenvalue weighted by molar-refractivity contribution is 0.333. The van der Waals surface area contributed by atoms with E-state index >= 15 is 0 Å². The Hall–Kier alpha value is -0.930. The van der Waals surface area contributed by atoms with Crippen molar-refractivity contribution in [2.24, 2.45) is 5.92 Å². The van der Waals surface area contributed by atoms with Crippen molar-refractivity contribution in [1.82, 2.24) is 10.2 Å². The van der Waals surface area contributed by atoms with Gasteiger partial charge < -0.3 is 10.2 Å². The molecule has 0 amide bonds. The average Bonchev–Trinajstić information content (AvgIpc) is 2.81. The number of hydrogen-bond acceptors (Lipinski definition) is 2. The van der Waals surface area contributed by atoms with Crippen LogP contribution in [0.2, 0.25) is 5.02 Å². The van der Waals surface area contributed by atoms with Gasteiger partial charge in [0.25, 0.3) is 0 Å². The standard InChI is InChI=1S/C16H27Cl2N.C8H9Cl.C2H7N.C2H6/c1-6-11-19(12-9-10-13(4)5)16(14(17)7-2)15(18)8-3;1-2-7-3-5-8(9)6-4-7;1-3-2;1-2/h7-8,13H,2,6,9-12H2,1,3-5H3;3-6H,2H2,1H3;3H,1-2H3;1-2H3/b15-8+,16-14-;;;. The van der Waals surface area contributed by atoms with Gasteiger partial charge >= 0.3 is 0 Å². The van der Waals surface area contributed by atoms with Gasteiger partial charge in [0.1, 0.15) is 0 Å². The maximum Gasteiger partial charge on any atom is 0.0741 e. The predicted molar refractivity (Wildman–Crippen MR) is 156 cm³/mol. The molecule has 0 bridgehead atoms. The van der Waals surface area contributed by atoms with Gasteiger partial charge in [-0.05, 0) is 76.4 Å². The van der Waals surface area contributed by atoms with Crippen molar-refractivity contribution < 1.29 is 0 Å². The monoisotopic (exact) mass is 518 g/mol. The summed E-state index contributed by atoms with van der Waals surface area (Å²) in [5, 5.41) is 4.89. The molecule has 0 aliphatic carbocycles. The first-order valence-corrected chi connectivity index (χ1v) is 13.3. The molecule has 0 aromatic heterocycles. The van der Waals surface area contributed by atoms with Crippen LogP contribution in [0.5, 0.6) is 0 Å². The highest BCUT2D eigenvalue weighted by molar-refractivity contribution is 6.36. The van der Waals surface area contributed by atoms with Gasteiger partial charge in [0.05, 0.1) is 15.8 Å². The molecule has 192 valence electrons. The minimum atomic E-state index is 0.626. The number of hydrogen-bond donors (Lipinski definition) is 1. The molecule has 0 aliphatic rings. The molecule has 0 atom stereocenters. The first kappa shape index (κ1) is 36.6. The van der Waals surface area contributed by atoms with Gasteiger partial charge in [0.2, 0.25) is 0 Å². The fraction of sp³-hybridized carbons (Fsp3) is 0.571. The highest BCUT2D eigenvalue weighted by atomic mass is 35.5. The van der Waals surface area contributed by atoms with Crippen LogP contribution in [0.1, 0.15) is 73.3 Å². The summed E-state index contributed by atoms with van der Waals surface area (Å²) in [7, 11) is 3.75. The largest absolute Gasteiger partial charge is 0.369 e. The Labute approximate surface area is 221 Å². The Balaban J connectivity index is -0.000000528. The van der Waals surface area contributed by atoms with E-state index < -0.39 is 0 Å². The molecular weight excluding hydrogens is 471 g/mol. The third-order valence-electron chi connectivity index (χ3n) is 4.23. The molecule has 1 aromatic carbocycles. The first-order chi connectivity index (χ1) is 15.7. The summed E-state index contributed by atoms with van der Waals surface area (Å²) >= 11 is 18.2. The van der Waals surface area contributed by atoms with Gasteiger partial charge in [-0.1, -0.05) is 101 Å². The zero-order valence-corrected chi connectivity index (χ0v) is 24.8. The van der Waals surface area contributed by atoms with Crippen LogP contribution in [-0.2, 0) is 6.42 Å². The van der Waals surface area contributed by atoms with Crippen LogP contribution >= 0.6 is 34.8 Å². The molecule has 0 saturated heterocycles. The molecule has 1 rings (SSSR count). The van der Waals surface area contributed by atoms with Crippen LogP contribution in [-0.4, -0.2) is 32.1 Å². The van der Waals surface area contributed by atoms with Crippen molar-refractivity contribution in [3.05, 3.63) is 69.3 Å². The van der Waals surface area contributed by atoms with E-state index in [2.05, 4.69) is 44.5 Å². The zero-order valence-electron chi connectivity index (χ0n) is 22.6. The number of halogens is 3. The number of benzene rings is 1. The van der Waals surface area contributed by atoms with Crippen LogP contribution in [0.4, 0.5) is 0 Å². The van der Waals surface area contributed by atoms with E-state index in [1.54, 1.807) is 6.08 Å². The van der Waals surface area contributed by atoms with Crippen molar-refractivity contribution in [3.8, 4) is 0 Å². The van der Waals surface area contributed by atoms with E-state index in [1.807, 2.05) is 65.2 Å². The maximum absolute atomic E-state index is 6.31. The van der Waals surface area contributed by atoms with Crippen molar-refractivity contribution in [1.29, 1.82) is 0 Å². The molecule has 0 spiro atoms. The van der Waals surface area contributed by atoms with E-state index in [0.29, 0.717) is 10.1 Å². The lowest BCUT2D eigenvalue weighted by atomic mass is 10.1. The minimum absolute atomic E-state index is 0.626. The smallest absolute Gasteiger partial charge is 0.0741 e. The number of allylic oxidation sites excluding steroid dienone is 4. The van der Waals surface area contributed by atoms with Gasteiger partial charge in [-0.3, -0.25) is 0 Å². The van der Waals surface area contributed by atoms with Crippen LogP contribution in [0, 0.1) is 5.92 Å². The third kappa shape index (κ3) is 20.2. The summed E-state index contributed by atoms with van der Waals surface area (Å²) < 4.78 is 0. The van der Waals surface area contributed by atoms with Crippen LogP contribution in [0.3, 0.4) is 0 Å². The molecule has 1 aromatic rings. The quantitative estimate of drug-likeness (QED) is 0.309. The lowest BCUT2D eigenvalue weighted by Crippen LogP contribution is -2.26. The Bertz CT molecular complexity index is 635. The zero-order chi connectivity index (χ0) is 26.2. The van der Waals surface area contributed by atoms with Crippen LogP contribution < -0.4 is 5.32 Å². The average molecular weight is 520 g/mol. The van der Waals surface area contributed by atoms with Gasteiger partial charge in [-0.2, -0.15) is 0 Å². The molecule has 0 fully saturated rings. The molecule has 2 nitrogen and oxygen atoms in total. The second kappa shape index (κ2) is 25.7. The normalized spacial score (nSPS) is 11.1. The second-order valence-electron chi connectivity index (χ2n) is 7.54. The highest BCUT2D eigenvalue weighted by Gasteiger charge is 2.15. The van der Waals surface area contributed by atoms with Gasteiger partial charge in [0.15, 0.2) is 0 Å². The van der Waals surface area contributed by atoms with E-state index in [9.17, 15) is 0 Å². The SMILES string of the molecule is C=C/C(Cl)=C(\C(Cl)=C/C)N(CCC)CCCC(C)C.CC.CCc1ccc(Cl)cc1.CNC. The second-order valence-corrected chi connectivity index (χ2v) is 8.79. The van der Waals surface area contributed by atoms with Crippen LogP contribution in [0.15, 0.2) is 58.8 Å². The number of aryl methyl sites for hydroxylation is 1. The lowest BCUT2D eigenvalue weighted by Gasteiger charge is -2.28. The molecule has 33 heavy (non-hydrogen) atoms. The summed E-state index contributed by atoms with van der Waals surface area (Å²) in [6.45, 7) is 20.4. The Morgan fingerprint density at radius 2 is 1.58 bits per heavy atom. The molecule has 0 radical (unpaired) electrons. The molecule has 0 heterocycles. The molecule has 0 unspecified atom stereocenters. The molecule has 5 heteroatoms. The third-order valence-corrected chi connectivity index (χ3v) is 5.21. The first-order valence-electron chi connectivity index (χ1n) is 12.1. The molecule has 1 N–H and O–H groups in total. The summed E-state index contributed by atoms with van der Waals surface area (Å²) in [4.78, 5) is 2.27. The minimum Gasteiger partial charge on any atom is -0.369 e. The molecule has 0 aliphatic heterocycles. The van der Waals surface area contributed by atoms with Crippen molar-refractivity contribution in [3.63, 3.8) is 0 Å². The van der Waals surface area contributed by atoms with Gasteiger partial charge in [-0.15, -0.1) is 0 Å². The van der Waals surface area contributed by atoms with E-state index in [4.69, 9.17) is 34.8 Å². The summed E-state index contributed by atoms with van der Waals surface area (Å²) in [5.41, 5.74) is 2.24. The van der Waals surface area contributed by atoms with E-state index in [0.717, 1.165) is 49.0 Å².